The summed E-state index contributed by atoms with van der Waals surface area (Å²) < 4.78 is 0. The molecule has 0 radical (unpaired) electrons. The number of aliphatic hydroxyl groups is 2. The highest BCUT2D eigenvalue weighted by Gasteiger charge is 2.35. The van der Waals surface area contributed by atoms with Gasteiger partial charge in [-0.15, -0.1) is 0 Å². The average molecular weight is 287 g/mol. The molecule has 0 saturated heterocycles. The second-order valence-electron chi connectivity index (χ2n) is 4.74. The van der Waals surface area contributed by atoms with Crippen LogP contribution in [0, 0.1) is 0 Å². The van der Waals surface area contributed by atoms with E-state index in [1.165, 1.54) is 0 Å². The third-order valence-corrected chi connectivity index (χ3v) is 3.14. The third-order valence-electron chi connectivity index (χ3n) is 3.14. The van der Waals surface area contributed by atoms with Crippen molar-refractivity contribution in [1.82, 2.24) is 4.90 Å². The zero-order valence-electron chi connectivity index (χ0n) is 11.4. The molecular formula is C16H17NO4. The Balaban J connectivity index is 2.29. The van der Waals surface area contributed by atoms with Gasteiger partial charge in [0.2, 0.25) is 0 Å². The molecule has 0 aromatic heterocycles. The Bertz CT molecular complexity index is 584. The van der Waals surface area contributed by atoms with E-state index in [0.717, 1.165) is 10.5 Å². The highest BCUT2D eigenvalue weighted by Crippen LogP contribution is 2.24. The first-order valence-electron chi connectivity index (χ1n) is 6.51. The summed E-state index contributed by atoms with van der Waals surface area (Å²) in [5, 5.41) is 29.8. The molecule has 0 unspecified atom stereocenters. The molecule has 0 aliphatic rings. The maximum absolute atomic E-state index is 11.0. The van der Waals surface area contributed by atoms with Crippen molar-refractivity contribution in [1.29, 1.82) is 0 Å². The SMILES string of the molecule is O=C(O)CN(Cc1ccccc1)C(O)(O)c1ccccc1. The number of carboxylic acid groups (broad SMARTS) is 1. The van der Waals surface area contributed by atoms with Crippen LogP contribution in [0.4, 0.5) is 0 Å². The predicted molar refractivity (Wildman–Crippen MR) is 77.0 cm³/mol. The maximum Gasteiger partial charge on any atom is 0.317 e. The number of hydrogen-bond donors (Lipinski definition) is 3. The van der Waals surface area contributed by atoms with Gasteiger partial charge in [-0.25, -0.2) is 4.90 Å². The molecule has 0 bridgehead atoms. The van der Waals surface area contributed by atoms with Gasteiger partial charge in [-0.1, -0.05) is 60.7 Å². The van der Waals surface area contributed by atoms with Crippen LogP contribution in [-0.2, 0) is 17.3 Å². The molecule has 0 aliphatic carbocycles. The van der Waals surface area contributed by atoms with Crippen LogP contribution in [0.15, 0.2) is 60.7 Å². The maximum atomic E-state index is 11.0. The van der Waals surface area contributed by atoms with Crippen LogP contribution in [0.25, 0.3) is 0 Å². The van der Waals surface area contributed by atoms with E-state index >= 15 is 0 Å². The average Bonchev–Trinajstić information content (AvgIpc) is 2.48. The monoisotopic (exact) mass is 287 g/mol. The molecule has 0 saturated carbocycles. The zero-order chi connectivity index (χ0) is 15.3. The van der Waals surface area contributed by atoms with Gasteiger partial charge in [0.1, 0.15) is 6.54 Å². The van der Waals surface area contributed by atoms with E-state index in [4.69, 9.17) is 5.11 Å². The Morgan fingerprint density at radius 3 is 2.00 bits per heavy atom. The Morgan fingerprint density at radius 1 is 0.952 bits per heavy atom. The van der Waals surface area contributed by atoms with Gasteiger partial charge in [-0.05, 0) is 5.56 Å². The summed E-state index contributed by atoms with van der Waals surface area (Å²) in [5.41, 5.74) is 1.02. The van der Waals surface area contributed by atoms with Crippen molar-refractivity contribution >= 4 is 5.97 Å². The minimum atomic E-state index is -2.35. The largest absolute Gasteiger partial charge is 0.480 e. The minimum absolute atomic E-state index is 0.106. The van der Waals surface area contributed by atoms with Gasteiger partial charge in [0.05, 0.1) is 0 Å². The van der Waals surface area contributed by atoms with Crippen molar-refractivity contribution in [3.05, 3.63) is 71.8 Å². The number of aliphatic carboxylic acids is 1. The quantitative estimate of drug-likeness (QED) is 0.699. The number of nitrogens with zero attached hydrogens (tertiary/aromatic N) is 1. The van der Waals surface area contributed by atoms with E-state index in [2.05, 4.69) is 0 Å². The number of carboxylic acids is 1. The molecule has 110 valence electrons. The zero-order valence-corrected chi connectivity index (χ0v) is 11.4. The lowest BCUT2D eigenvalue weighted by Crippen LogP contribution is -2.48. The Kier molecular flexibility index (Phi) is 4.70. The van der Waals surface area contributed by atoms with Crippen molar-refractivity contribution in [2.75, 3.05) is 6.54 Å². The molecule has 5 heteroatoms. The standard InChI is InChI=1S/C16H17NO4/c18-15(19)12-17(11-13-7-3-1-4-8-13)16(20,21)14-9-5-2-6-10-14/h1-10,20-21H,11-12H2,(H,18,19). The third kappa shape index (κ3) is 3.88. The fraction of sp³-hybridized carbons (Fsp3) is 0.188. The fourth-order valence-corrected chi connectivity index (χ4v) is 2.09. The summed E-state index contributed by atoms with van der Waals surface area (Å²) in [5.74, 6) is -3.48. The van der Waals surface area contributed by atoms with Crippen molar-refractivity contribution in [3.63, 3.8) is 0 Å². The van der Waals surface area contributed by atoms with Gasteiger partial charge < -0.3 is 15.3 Å². The first-order chi connectivity index (χ1) is 10.00. The second-order valence-corrected chi connectivity index (χ2v) is 4.74. The Labute approximate surface area is 122 Å². The molecular weight excluding hydrogens is 270 g/mol. The van der Waals surface area contributed by atoms with Crippen LogP contribution in [0.2, 0.25) is 0 Å². The number of hydrogen-bond acceptors (Lipinski definition) is 4. The molecule has 2 rings (SSSR count). The lowest BCUT2D eigenvalue weighted by atomic mass is 10.1. The van der Waals surface area contributed by atoms with Crippen LogP contribution in [0.5, 0.6) is 0 Å². The van der Waals surface area contributed by atoms with Gasteiger partial charge in [0, 0.05) is 12.1 Å². The van der Waals surface area contributed by atoms with Crippen LogP contribution in [0.1, 0.15) is 11.1 Å². The molecule has 0 heterocycles. The van der Waals surface area contributed by atoms with Gasteiger partial charge in [0.25, 0.3) is 5.91 Å². The van der Waals surface area contributed by atoms with E-state index in [9.17, 15) is 15.0 Å². The first kappa shape index (κ1) is 15.2. The van der Waals surface area contributed by atoms with Gasteiger partial charge in [0.15, 0.2) is 0 Å². The molecule has 3 N–H and O–H groups in total. The van der Waals surface area contributed by atoms with E-state index < -0.39 is 18.4 Å². The lowest BCUT2D eigenvalue weighted by Gasteiger charge is -2.34. The number of carbonyl (C=O) groups is 1. The Hall–Kier alpha value is -2.21. The number of benzene rings is 2. The van der Waals surface area contributed by atoms with Crippen LogP contribution >= 0.6 is 0 Å². The van der Waals surface area contributed by atoms with Crippen LogP contribution in [0.3, 0.4) is 0 Å². The highest BCUT2D eigenvalue weighted by molar-refractivity contribution is 5.69. The van der Waals surface area contributed by atoms with E-state index in [0.29, 0.717) is 0 Å². The summed E-state index contributed by atoms with van der Waals surface area (Å²) in [4.78, 5) is 12.1. The molecule has 2 aromatic rings. The molecule has 0 aliphatic heterocycles. The van der Waals surface area contributed by atoms with Gasteiger partial charge >= 0.3 is 5.97 Å². The molecule has 0 atom stereocenters. The number of rotatable bonds is 6. The fourth-order valence-electron chi connectivity index (χ4n) is 2.09. The summed E-state index contributed by atoms with van der Waals surface area (Å²) in [7, 11) is 0. The summed E-state index contributed by atoms with van der Waals surface area (Å²) in [6.07, 6.45) is 0. The molecule has 0 amide bonds. The normalized spacial score (nSPS) is 11.6. The van der Waals surface area contributed by atoms with Crippen molar-refractivity contribution < 1.29 is 20.1 Å². The molecule has 0 spiro atoms. The topological polar surface area (TPSA) is 81.0 Å². The molecule has 0 fully saturated rings. The second kappa shape index (κ2) is 6.49. The smallest absolute Gasteiger partial charge is 0.317 e. The van der Waals surface area contributed by atoms with Gasteiger partial charge in [-0.2, -0.15) is 0 Å². The molecule has 2 aromatic carbocycles. The summed E-state index contributed by atoms with van der Waals surface area (Å²) >= 11 is 0. The predicted octanol–water partition coefficient (Wildman–Crippen LogP) is 1.37. The van der Waals surface area contributed by atoms with Gasteiger partial charge in [-0.3, -0.25) is 4.79 Å². The van der Waals surface area contributed by atoms with Crippen LogP contribution in [-0.4, -0.2) is 32.7 Å². The first-order valence-corrected chi connectivity index (χ1v) is 6.51. The molecule has 21 heavy (non-hydrogen) atoms. The minimum Gasteiger partial charge on any atom is -0.480 e. The van der Waals surface area contributed by atoms with Crippen molar-refractivity contribution in [2.24, 2.45) is 0 Å². The lowest BCUT2D eigenvalue weighted by molar-refractivity contribution is -0.278. The molecule has 5 nitrogen and oxygen atoms in total. The summed E-state index contributed by atoms with van der Waals surface area (Å²) in [6.45, 7) is -0.383. The van der Waals surface area contributed by atoms with E-state index in [-0.39, 0.29) is 12.1 Å². The van der Waals surface area contributed by atoms with E-state index in [1.807, 2.05) is 18.2 Å². The van der Waals surface area contributed by atoms with Crippen LogP contribution < -0.4 is 0 Å². The Morgan fingerprint density at radius 2 is 1.48 bits per heavy atom. The van der Waals surface area contributed by atoms with Crippen molar-refractivity contribution in [3.8, 4) is 0 Å². The van der Waals surface area contributed by atoms with Crippen molar-refractivity contribution in [2.45, 2.75) is 12.5 Å². The highest BCUT2D eigenvalue weighted by atomic mass is 16.5. The summed E-state index contributed by atoms with van der Waals surface area (Å²) in [6, 6.07) is 17.2. The van der Waals surface area contributed by atoms with E-state index in [1.54, 1.807) is 42.5 Å².